The molecule has 1 heterocycles. The van der Waals surface area contributed by atoms with Crippen LogP contribution in [-0.4, -0.2) is 30.8 Å². The standard InChI is InChI=1S/C25H31NO4/c1-2-19-5-3-4-6-21(19)26-14-20(10-23(26)28)24(29)30-15-22(27)25-11-16-7-17(12-25)9-18(8-16)13-25/h3-6,16-18,20H,2,7-15H2,1H3/t16?,17?,18?,20-,25?/m0/s1. The van der Waals surface area contributed by atoms with E-state index >= 15 is 0 Å². The third-order valence-corrected chi connectivity index (χ3v) is 8.10. The lowest BCUT2D eigenvalue weighted by molar-refractivity contribution is -0.160. The van der Waals surface area contributed by atoms with Crippen molar-refractivity contribution in [2.45, 2.75) is 58.3 Å². The van der Waals surface area contributed by atoms with E-state index in [2.05, 4.69) is 6.92 Å². The van der Waals surface area contributed by atoms with Gasteiger partial charge in [0.2, 0.25) is 5.91 Å². The maximum Gasteiger partial charge on any atom is 0.311 e. The number of esters is 1. The van der Waals surface area contributed by atoms with E-state index in [9.17, 15) is 14.4 Å². The Labute approximate surface area is 178 Å². The number of benzene rings is 1. The molecular formula is C25H31NO4. The highest BCUT2D eigenvalue weighted by atomic mass is 16.5. The Morgan fingerprint density at radius 2 is 1.70 bits per heavy atom. The highest BCUT2D eigenvalue weighted by Crippen LogP contribution is 2.60. The molecule has 4 saturated carbocycles. The van der Waals surface area contributed by atoms with Crippen LogP contribution in [0.5, 0.6) is 0 Å². The van der Waals surface area contributed by atoms with Crippen LogP contribution in [0.25, 0.3) is 0 Å². The van der Waals surface area contributed by atoms with Gasteiger partial charge in [0.1, 0.15) is 0 Å². The van der Waals surface area contributed by atoms with Crippen molar-refractivity contribution in [2.24, 2.45) is 29.1 Å². The molecule has 5 heteroatoms. The number of ether oxygens (including phenoxy) is 1. The second-order valence-electron chi connectivity index (χ2n) is 10.1. The highest BCUT2D eigenvalue weighted by Gasteiger charge is 2.54. The minimum absolute atomic E-state index is 0.0507. The van der Waals surface area contributed by atoms with Crippen LogP contribution in [0.2, 0.25) is 0 Å². The molecule has 0 spiro atoms. The van der Waals surface area contributed by atoms with Gasteiger partial charge in [-0.15, -0.1) is 0 Å². The summed E-state index contributed by atoms with van der Waals surface area (Å²) in [6.45, 7) is 2.27. The van der Waals surface area contributed by atoms with Gasteiger partial charge in [0.15, 0.2) is 12.4 Å². The highest BCUT2D eigenvalue weighted by molar-refractivity contribution is 6.00. The van der Waals surface area contributed by atoms with Crippen molar-refractivity contribution >= 4 is 23.3 Å². The van der Waals surface area contributed by atoms with Gasteiger partial charge in [-0.1, -0.05) is 25.1 Å². The van der Waals surface area contributed by atoms with Crippen molar-refractivity contribution < 1.29 is 19.1 Å². The normalized spacial score (nSPS) is 34.4. The van der Waals surface area contributed by atoms with Gasteiger partial charge >= 0.3 is 5.97 Å². The lowest BCUT2D eigenvalue weighted by atomic mass is 9.48. The van der Waals surface area contributed by atoms with Crippen LogP contribution in [0, 0.1) is 29.1 Å². The van der Waals surface area contributed by atoms with Gasteiger partial charge in [0.05, 0.1) is 5.92 Å². The number of para-hydroxylation sites is 1. The smallest absolute Gasteiger partial charge is 0.311 e. The Kier molecular flexibility index (Phi) is 4.95. The number of aryl methyl sites for hydroxylation is 1. The number of hydrogen-bond donors (Lipinski definition) is 0. The molecule has 0 aromatic heterocycles. The fourth-order valence-electron chi connectivity index (χ4n) is 7.03. The van der Waals surface area contributed by atoms with Crippen LogP contribution in [-0.2, 0) is 25.5 Å². The zero-order valence-corrected chi connectivity index (χ0v) is 17.8. The third kappa shape index (κ3) is 3.36. The first-order valence-corrected chi connectivity index (χ1v) is 11.6. The first-order valence-electron chi connectivity index (χ1n) is 11.6. The molecule has 0 unspecified atom stereocenters. The fraction of sp³-hybridized carbons (Fsp3) is 0.640. The van der Waals surface area contributed by atoms with Gasteiger partial charge in [0.25, 0.3) is 0 Å². The van der Waals surface area contributed by atoms with Gasteiger partial charge in [-0.2, -0.15) is 0 Å². The summed E-state index contributed by atoms with van der Waals surface area (Å²) < 4.78 is 5.50. The van der Waals surface area contributed by atoms with E-state index in [4.69, 9.17) is 4.74 Å². The number of carbonyl (C=O) groups is 3. The summed E-state index contributed by atoms with van der Waals surface area (Å²) in [4.78, 5) is 40.1. The van der Waals surface area contributed by atoms with Gasteiger partial charge in [-0.05, 0) is 74.3 Å². The fourth-order valence-corrected chi connectivity index (χ4v) is 7.03. The maximum atomic E-state index is 13.1. The van der Waals surface area contributed by atoms with Crippen LogP contribution in [0.15, 0.2) is 24.3 Å². The van der Waals surface area contributed by atoms with Crippen molar-refractivity contribution in [3.8, 4) is 0 Å². The summed E-state index contributed by atoms with van der Waals surface area (Å²) in [5.41, 5.74) is 1.73. The molecule has 1 aromatic rings. The van der Waals surface area contributed by atoms with Crippen LogP contribution >= 0.6 is 0 Å². The third-order valence-electron chi connectivity index (χ3n) is 8.10. The first kappa shape index (κ1) is 19.8. The van der Waals surface area contributed by atoms with E-state index in [-0.39, 0.29) is 30.1 Å². The van der Waals surface area contributed by atoms with Crippen molar-refractivity contribution in [1.29, 1.82) is 0 Å². The molecule has 4 bridgehead atoms. The minimum Gasteiger partial charge on any atom is -0.457 e. The van der Waals surface area contributed by atoms with Gasteiger partial charge in [-0.25, -0.2) is 0 Å². The summed E-state index contributed by atoms with van der Waals surface area (Å²) in [5.74, 6) is 1.24. The van der Waals surface area contributed by atoms with Crippen LogP contribution in [0.1, 0.15) is 57.4 Å². The van der Waals surface area contributed by atoms with Gasteiger partial charge in [-0.3, -0.25) is 14.4 Å². The molecule has 1 aliphatic heterocycles. The number of rotatable bonds is 6. The number of hydrogen-bond acceptors (Lipinski definition) is 4. The van der Waals surface area contributed by atoms with Crippen molar-refractivity contribution in [2.75, 3.05) is 18.1 Å². The molecule has 1 atom stereocenters. The predicted octanol–water partition coefficient (Wildman–Crippen LogP) is 3.93. The molecule has 30 heavy (non-hydrogen) atoms. The quantitative estimate of drug-likeness (QED) is 0.668. The molecule has 5 fully saturated rings. The lowest BCUT2D eigenvalue weighted by Gasteiger charge is -2.55. The lowest BCUT2D eigenvalue weighted by Crippen LogP contribution is -2.51. The Bertz CT molecular complexity index is 840. The number of nitrogens with zero attached hydrogens (tertiary/aromatic N) is 1. The van der Waals surface area contributed by atoms with E-state index in [0.717, 1.165) is 36.9 Å². The van der Waals surface area contributed by atoms with Gasteiger partial charge in [0, 0.05) is 24.1 Å². The largest absolute Gasteiger partial charge is 0.457 e. The van der Waals surface area contributed by atoms with Crippen molar-refractivity contribution in [1.82, 2.24) is 0 Å². The first-order chi connectivity index (χ1) is 14.5. The number of ketones is 1. The predicted molar refractivity (Wildman–Crippen MR) is 113 cm³/mol. The number of amides is 1. The molecule has 1 aromatic carbocycles. The van der Waals surface area contributed by atoms with Crippen molar-refractivity contribution in [3.05, 3.63) is 29.8 Å². The maximum absolute atomic E-state index is 13.1. The Balaban J connectivity index is 1.20. The van der Waals surface area contributed by atoms with Crippen LogP contribution < -0.4 is 4.90 Å². The average Bonchev–Trinajstić information content (AvgIpc) is 3.12. The van der Waals surface area contributed by atoms with Crippen LogP contribution in [0.4, 0.5) is 5.69 Å². The van der Waals surface area contributed by atoms with E-state index in [1.165, 1.54) is 19.3 Å². The van der Waals surface area contributed by atoms with E-state index in [1.807, 2.05) is 24.3 Å². The zero-order valence-electron chi connectivity index (χ0n) is 17.8. The molecule has 1 amide bonds. The topological polar surface area (TPSA) is 63.7 Å². The molecular weight excluding hydrogens is 378 g/mol. The van der Waals surface area contributed by atoms with Gasteiger partial charge < -0.3 is 9.64 Å². The molecule has 160 valence electrons. The average molecular weight is 410 g/mol. The molecule has 0 radical (unpaired) electrons. The zero-order chi connectivity index (χ0) is 20.9. The van der Waals surface area contributed by atoms with Crippen LogP contribution in [0.3, 0.4) is 0 Å². The molecule has 6 rings (SSSR count). The number of anilines is 1. The summed E-state index contributed by atoms with van der Waals surface area (Å²) in [6.07, 6.45) is 7.79. The summed E-state index contributed by atoms with van der Waals surface area (Å²) >= 11 is 0. The SMILES string of the molecule is CCc1ccccc1N1C[C@@H](C(=O)OCC(=O)C23CC4CC(CC(C4)C2)C3)CC1=O. The summed E-state index contributed by atoms with van der Waals surface area (Å²) in [6, 6.07) is 7.82. The minimum atomic E-state index is -0.494. The van der Waals surface area contributed by atoms with E-state index in [0.29, 0.717) is 24.3 Å². The molecule has 4 aliphatic carbocycles. The monoisotopic (exact) mass is 409 g/mol. The Morgan fingerprint density at radius 1 is 1.07 bits per heavy atom. The number of Topliss-reactive ketones (excluding diaryl/α,β-unsaturated/α-hetero) is 1. The number of carbonyl (C=O) groups excluding carboxylic acids is 3. The molecule has 5 aliphatic rings. The molecule has 5 nitrogen and oxygen atoms in total. The Morgan fingerprint density at radius 3 is 2.33 bits per heavy atom. The molecule has 0 N–H and O–H groups in total. The van der Waals surface area contributed by atoms with Crippen molar-refractivity contribution in [3.63, 3.8) is 0 Å². The second-order valence-corrected chi connectivity index (χ2v) is 10.1. The summed E-state index contributed by atoms with van der Waals surface area (Å²) in [7, 11) is 0. The van der Waals surface area contributed by atoms with E-state index in [1.54, 1.807) is 4.90 Å². The second kappa shape index (κ2) is 7.51. The Hall–Kier alpha value is -2.17. The molecule has 1 saturated heterocycles. The van der Waals surface area contributed by atoms with E-state index < -0.39 is 11.9 Å². The summed E-state index contributed by atoms with van der Waals surface area (Å²) in [5, 5.41) is 0.